The minimum Gasteiger partial charge on any atom is -0.333 e. The number of aryl methyl sites for hydroxylation is 2. The van der Waals surface area contributed by atoms with Crippen molar-refractivity contribution < 1.29 is 4.79 Å². The van der Waals surface area contributed by atoms with Gasteiger partial charge in [-0.15, -0.1) is 11.3 Å². The lowest BCUT2D eigenvalue weighted by Crippen LogP contribution is -2.29. The first-order chi connectivity index (χ1) is 12.7. The molecule has 1 aliphatic rings. The Morgan fingerprint density at radius 3 is 2.92 bits per heavy atom. The Kier molecular flexibility index (Phi) is 4.71. The van der Waals surface area contributed by atoms with Crippen molar-refractivity contribution in [2.45, 2.75) is 26.4 Å². The Balaban J connectivity index is 1.53. The number of carbonyl (C=O) groups excluding carboxylic acids is 1. The van der Waals surface area contributed by atoms with Gasteiger partial charge in [-0.3, -0.25) is 9.48 Å². The molecule has 5 heteroatoms. The first-order valence-corrected chi connectivity index (χ1v) is 9.71. The highest BCUT2D eigenvalue weighted by atomic mass is 32.1. The molecule has 4 nitrogen and oxygen atoms in total. The van der Waals surface area contributed by atoms with Gasteiger partial charge in [-0.25, -0.2) is 0 Å². The highest BCUT2D eigenvalue weighted by molar-refractivity contribution is 7.10. The van der Waals surface area contributed by atoms with Gasteiger partial charge in [0.1, 0.15) is 0 Å². The van der Waals surface area contributed by atoms with E-state index in [1.807, 2.05) is 33.2 Å². The lowest BCUT2D eigenvalue weighted by atomic mass is 10.1. The molecule has 0 radical (unpaired) electrons. The van der Waals surface area contributed by atoms with Crippen molar-refractivity contribution in [2.24, 2.45) is 0 Å². The van der Waals surface area contributed by atoms with Crippen molar-refractivity contribution in [3.63, 3.8) is 0 Å². The molecule has 132 valence electrons. The molecule has 0 spiro atoms. The van der Waals surface area contributed by atoms with E-state index in [-0.39, 0.29) is 5.91 Å². The van der Waals surface area contributed by atoms with E-state index in [0.29, 0.717) is 6.54 Å². The second kappa shape index (κ2) is 7.30. The maximum atomic E-state index is 12.6. The molecule has 2 aromatic heterocycles. The van der Waals surface area contributed by atoms with E-state index >= 15 is 0 Å². The van der Waals surface area contributed by atoms with Crippen molar-refractivity contribution >= 4 is 23.3 Å². The molecule has 0 bridgehead atoms. The lowest BCUT2D eigenvalue weighted by molar-refractivity contribution is -0.126. The fraction of sp³-hybridized carbons (Fsp3) is 0.238. The summed E-state index contributed by atoms with van der Waals surface area (Å²) in [6.45, 7) is 4.30. The van der Waals surface area contributed by atoms with Gasteiger partial charge < -0.3 is 4.90 Å². The zero-order chi connectivity index (χ0) is 17.9. The molecule has 1 amide bonds. The molecule has 3 aromatic rings. The quantitative estimate of drug-likeness (QED) is 0.648. The van der Waals surface area contributed by atoms with Gasteiger partial charge in [-0.1, -0.05) is 29.8 Å². The van der Waals surface area contributed by atoms with E-state index in [2.05, 4.69) is 37.3 Å². The molecule has 3 heterocycles. The van der Waals surface area contributed by atoms with Crippen molar-refractivity contribution in [1.29, 1.82) is 0 Å². The molecular weight excluding hydrogens is 342 g/mol. The van der Waals surface area contributed by atoms with Crippen LogP contribution in [0.15, 0.2) is 53.9 Å². The first kappa shape index (κ1) is 16.8. The number of thiophene rings is 1. The smallest absolute Gasteiger partial charge is 0.246 e. The Labute approximate surface area is 157 Å². The number of fused-ring (bicyclic) bond motifs is 1. The fourth-order valence-electron chi connectivity index (χ4n) is 3.24. The van der Waals surface area contributed by atoms with Gasteiger partial charge in [0.2, 0.25) is 5.91 Å². The number of aromatic nitrogens is 2. The van der Waals surface area contributed by atoms with Crippen LogP contribution in [-0.2, 0) is 17.9 Å². The number of amides is 1. The summed E-state index contributed by atoms with van der Waals surface area (Å²) in [6, 6.07) is 14.5. The molecule has 0 aliphatic carbocycles. The van der Waals surface area contributed by atoms with Crippen LogP contribution < -0.4 is 0 Å². The number of hydrogen-bond donors (Lipinski definition) is 0. The maximum Gasteiger partial charge on any atom is 0.246 e. The molecule has 26 heavy (non-hydrogen) atoms. The van der Waals surface area contributed by atoms with Gasteiger partial charge in [-0.05, 0) is 43.0 Å². The second-order valence-corrected chi connectivity index (χ2v) is 7.55. The SMILES string of the molecule is Cc1cccc(-c2cc3n(n2)CCCN(C(=O)C=Cc2cccs2)C3)c1. The fourth-order valence-corrected chi connectivity index (χ4v) is 3.86. The zero-order valence-corrected chi connectivity index (χ0v) is 15.6. The van der Waals surface area contributed by atoms with E-state index < -0.39 is 0 Å². The topological polar surface area (TPSA) is 38.1 Å². The van der Waals surface area contributed by atoms with E-state index in [1.54, 1.807) is 17.4 Å². The van der Waals surface area contributed by atoms with Crippen LogP contribution >= 0.6 is 11.3 Å². The third-order valence-corrected chi connectivity index (χ3v) is 5.41. The van der Waals surface area contributed by atoms with Crippen LogP contribution in [0.2, 0.25) is 0 Å². The largest absolute Gasteiger partial charge is 0.333 e. The molecule has 0 unspecified atom stereocenters. The molecular formula is C21H21N3OS. The van der Waals surface area contributed by atoms with Crippen LogP contribution in [0.1, 0.15) is 22.6 Å². The Hall–Kier alpha value is -2.66. The lowest BCUT2D eigenvalue weighted by Gasteiger charge is -2.17. The highest BCUT2D eigenvalue weighted by Crippen LogP contribution is 2.23. The molecule has 0 atom stereocenters. The van der Waals surface area contributed by atoms with Crippen molar-refractivity contribution in [2.75, 3.05) is 6.54 Å². The average Bonchev–Trinajstić information content (AvgIpc) is 3.25. The minimum atomic E-state index is 0.0603. The molecule has 4 rings (SSSR count). The van der Waals surface area contributed by atoms with Crippen LogP contribution in [-0.4, -0.2) is 27.1 Å². The minimum absolute atomic E-state index is 0.0603. The first-order valence-electron chi connectivity index (χ1n) is 8.83. The van der Waals surface area contributed by atoms with Crippen LogP contribution in [0.5, 0.6) is 0 Å². The summed E-state index contributed by atoms with van der Waals surface area (Å²) in [5.41, 5.74) is 4.42. The van der Waals surface area contributed by atoms with Crippen LogP contribution in [0, 0.1) is 6.92 Å². The summed E-state index contributed by atoms with van der Waals surface area (Å²) < 4.78 is 2.05. The van der Waals surface area contributed by atoms with Crippen LogP contribution in [0.4, 0.5) is 0 Å². The van der Waals surface area contributed by atoms with Gasteiger partial charge in [-0.2, -0.15) is 5.10 Å². The molecule has 0 fully saturated rings. The summed E-state index contributed by atoms with van der Waals surface area (Å²) >= 11 is 1.63. The Bertz CT molecular complexity index is 940. The van der Waals surface area contributed by atoms with Gasteiger partial charge >= 0.3 is 0 Å². The summed E-state index contributed by atoms with van der Waals surface area (Å²) in [4.78, 5) is 15.6. The predicted molar refractivity (Wildman–Crippen MR) is 106 cm³/mol. The summed E-state index contributed by atoms with van der Waals surface area (Å²) in [5, 5.41) is 6.78. The molecule has 1 aromatic carbocycles. The summed E-state index contributed by atoms with van der Waals surface area (Å²) in [5.74, 6) is 0.0603. The predicted octanol–water partition coefficient (Wildman–Crippen LogP) is 4.37. The maximum absolute atomic E-state index is 12.6. The van der Waals surface area contributed by atoms with E-state index in [1.165, 1.54) is 5.56 Å². The summed E-state index contributed by atoms with van der Waals surface area (Å²) in [7, 11) is 0. The zero-order valence-electron chi connectivity index (χ0n) is 14.8. The summed E-state index contributed by atoms with van der Waals surface area (Å²) in [6.07, 6.45) is 4.49. The standard InChI is InChI=1S/C21H21N3OS/c1-16-5-2-6-17(13-16)20-14-18-15-23(10-4-11-24(18)22-20)21(25)9-8-19-7-3-12-26-19/h2-3,5-9,12-14H,4,10-11,15H2,1H3. The van der Waals surface area contributed by atoms with Gasteiger partial charge in [0.15, 0.2) is 0 Å². The normalized spacial score (nSPS) is 14.4. The second-order valence-electron chi connectivity index (χ2n) is 6.58. The average molecular weight is 363 g/mol. The van der Waals surface area contributed by atoms with E-state index in [4.69, 9.17) is 5.10 Å². The van der Waals surface area contributed by atoms with Crippen molar-refractivity contribution in [3.8, 4) is 11.3 Å². The number of hydrogen-bond acceptors (Lipinski definition) is 3. The highest BCUT2D eigenvalue weighted by Gasteiger charge is 2.19. The number of rotatable bonds is 3. The van der Waals surface area contributed by atoms with Crippen LogP contribution in [0.3, 0.4) is 0 Å². The van der Waals surface area contributed by atoms with Gasteiger partial charge in [0, 0.05) is 29.6 Å². The molecule has 0 saturated heterocycles. The number of nitrogens with zero attached hydrogens (tertiary/aromatic N) is 3. The van der Waals surface area contributed by atoms with E-state index in [0.717, 1.165) is 41.3 Å². The van der Waals surface area contributed by atoms with Gasteiger partial charge in [0.25, 0.3) is 0 Å². The monoisotopic (exact) mass is 363 g/mol. The molecule has 0 saturated carbocycles. The van der Waals surface area contributed by atoms with Crippen LogP contribution in [0.25, 0.3) is 17.3 Å². The third kappa shape index (κ3) is 3.63. The number of benzene rings is 1. The van der Waals surface area contributed by atoms with Crippen molar-refractivity contribution in [3.05, 3.63) is 70.1 Å². The molecule has 0 N–H and O–H groups in total. The van der Waals surface area contributed by atoms with Gasteiger partial charge in [0.05, 0.1) is 17.9 Å². The van der Waals surface area contributed by atoms with E-state index in [9.17, 15) is 4.79 Å². The Morgan fingerprint density at radius 1 is 1.19 bits per heavy atom. The van der Waals surface area contributed by atoms with Crippen molar-refractivity contribution in [1.82, 2.24) is 14.7 Å². The number of carbonyl (C=O) groups is 1. The Morgan fingerprint density at radius 2 is 2.12 bits per heavy atom. The third-order valence-electron chi connectivity index (χ3n) is 4.57. The molecule has 1 aliphatic heterocycles.